The molecule has 0 radical (unpaired) electrons. The van der Waals surface area contributed by atoms with Crippen molar-refractivity contribution in [1.82, 2.24) is 15.1 Å². The maximum absolute atomic E-state index is 14.6. The summed E-state index contributed by atoms with van der Waals surface area (Å²) in [5.41, 5.74) is -0.274. The molecule has 6 nitrogen and oxygen atoms in total. The lowest BCUT2D eigenvalue weighted by molar-refractivity contribution is 0.0114. The first-order valence-electron chi connectivity index (χ1n) is 9.78. The van der Waals surface area contributed by atoms with Crippen molar-refractivity contribution in [3.05, 3.63) is 78.0 Å². The third-order valence-corrected chi connectivity index (χ3v) is 5.05. The molecule has 8 heteroatoms. The van der Waals surface area contributed by atoms with Crippen LogP contribution in [0.3, 0.4) is 0 Å². The second-order valence-electron chi connectivity index (χ2n) is 7.24. The Morgan fingerprint density at radius 1 is 1.10 bits per heavy atom. The van der Waals surface area contributed by atoms with Crippen LogP contribution in [0.5, 0.6) is 5.75 Å². The molecule has 0 saturated carbocycles. The molecule has 1 amide bonds. The summed E-state index contributed by atoms with van der Waals surface area (Å²) in [6.45, 7) is 1.42. The van der Waals surface area contributed by atoms with E-state index < -0.39 is 23.6 Å². The molecule has 1 fully saturated rings. The molecule has 2 aromatic carbocycles. The van der Waals surface area contributed by atoms with Crippen molar-refractivity contribution in [2.45, 2.75) is 18.8 Å². The van der Waals surface area contributed by atoms with Crippen molar-refractivity contribution in [2.24, 2.45) is 5.92 Å². The van der Waals surface area contributed by atoms with E-state index in [9.17, 15) is 13.6 Å². The summed E-state index contributed by atoms with van der Waals surface area (Å²) in [7, 11) is 0. The van der Waals surface area contributed by atoms with Gasteiger partial charge in [-0.2, -0.15) is 8.78 Å². The van der Waals surface area contributed by atoms with Gasteiger partial charge in [-0.15, -0.1) is 10.2 Å². The first kappa shape index (κ1) is 20.0. The van der Waals surface area contributed by atoms with Gasteiger partial charge in [-0.3, -0.25) is 4.79 Å². The predicted molar refractivity (Wildman–Crippen MR) is 104 cm³/mol. The number of carbonyl (C=O) groups excluding carboxylic acids is 1. The van der Waals surface area contributed by atoms with Crippen LogP contribution in [0.2, 0.25) is 0 Å². The third kappa shape index (κ3) is 4.32. The first-order valence-corrected chi connectivity index (χ1v) is 9.78. The molecule has 0 N–H and O–H groups in total. The quantitative estimate of drug-likeness (QED) is 0.608. The summed E-state index contributed by atoms with van der Waals surface area (Å²) in [5, 5.41) is 7.02. The predicted octanol–water partition coefficient (Wildman–Crippen LogP) is 4.14. The van der Waals surface area contributed by atoms with Crippen molar-refractivity contribution in [3.63, 3.8) is 0 Å². The average Bonchev–Trinajstić information content (AvgIpc) is 3.30. The summed E-state index contributed by atoms with van der Waals surface area (Å²) in [6, 6.07) is 16.6. The van der Waals surface area contributed by atoms with Crippen LogP contribution in [0.15, 0.2) is 65.1 Å². The molecule has 1 aromatic heterocycles. The maximum atomic E-state index is 14.6. The molecule has 30 heavy (non-hydrogen) atoms. The Bertz CT molecular complexity index is 980. The molecule has 1 aliphatic rings. The number of halogens is 2. The normalized spacial score (nSPS) is 17.0. The summed E-state index contributed by atoms with van der Waals surface area (Å²) in [5.74, 6) is -4.42. The Morgan fingerprint density at radius 3 is 2.53 bits per heavy atom. The van der Waals surface area contributed by atoms with Gasteiger partial charge in [0.2, 0.25) is 0 Å². The van der Waals surface area contributed by atoms with Gasteiger partial charge in [-0.1, -0.05) is 48.5 Å². The Labute approximate surface area is 172 Å². The number of ether oxygens (including phenoxy) is 1. The van der Waals surface area contributed by atoms with Gasteiger partial charge in [0, 0.05) is 24.6 Å². The van der Waals surface area contributed by atoms with Crippen LogP contribution in [0.1, 0.15) is 35.0 Å². The van der Waals surface area contributed by atoms with Crippen LogP contribution in [-0.4, -0.2) is 40.7 Å². The van der Waals surface area contributed by atoms with E-state index in [2.05, 4.69) is 10.2 Å². The number of aromatic nitrogens is 2. The monoisotopic (exact) mass is 413 g/mol. The number of carbonyl (C=O) groups is 1. The van der Waals surface area contributed by atoms with Gasteiger partial charge in [0.05, 0.1) is 6.61 Å². The maximum Gasteiger partial charge on any atom is 0.349 e. The smallest absolute Gasteiger partial charge is 0.349 e. The molecule has 0 bridgehead atoms. The molecule has 1 aliphatic heterocycles. The van der Waals surface area contributed by atoms with Crippen molar-refractivity contribution >= 4 is 5.91 Å². The molecule has 1 saturated heterocycles. The Morgan fingerprint density at radius 2 is 1.80 bits per heavy atom. The van der Waals surface area contributed by atoms with E-state index in [0.717, 1.165) is 18.6 Å². The van der Waals surface area contributed by atoms with Crippen molar-refractivity contribution in [1.29, 1.82) is 0 Å². The van der Waals surface area contributed by atoms with Gasteiger partial charge >= 0.3 is 17.7 Å². The van der Waals surface area contributed by atoms with Gasteiger partial charge in [-0.25, -0.2) is 0 Å². The van der Waals surface area contributed by atoms with Crippen LogP contribution in [0.4, 0.5) is 8.78 Å². The fraction of sp³-hybridized carbons (Fsp3) is 0.318. The summed E-state index contributed by atoms with van der Waals surface area (Å²) < 4.78 is 40.1. The molecule has 0 spiro atoms. The van der Waals surface area contributed by atoms with E-state index >= 15 is 0 Å². The number of para-hydroxylation sites is 1. The highest BCUT2D eigenvalue weighted by molar-refractivity contribution is 5.89. The van der Waals surface area contributed by atoms with Crippen LogP contribution in [0.25, 0.3) is 0 Å². The lowest BCUT2D eigenvalue weighted by Crippen LogP contribution is -2.41. The van der Waals surface area contributed by atoms with Crippen LogP contribution < -0.4 is 4.74 Å². The number of hydrogen-bond acceptors (Lipinski definition) is 5. The van der Waals surface area contributed by atoms with Crippen molar-refractivity contribution in [2.75, 3.05) is 19.7 Å². The van der Waals surface area contributed by atoms with Crippen LogP contribution >= 0.6 is 0 Å². The highest BCUT2D eigenvalue weighted by Crippen LogP contribution is 2.34. The molecule has 156 valence electrons. The number of rotatable bonds is 6. The number of benzene rings is 2. The van der Waals surface area contributed by atoms with Gasteiger partial charge in [0.25, 0.3) is 5.89 Å². The summed E-state index contributed by atoms with van der Waals surface area (Å²) >= 11 is 0. The molecular formula is C22H21F2N3O3. The van der Waals surface area contributed by atoms with E-state index in [1.54, 1.807) is 11.0 Å². The van der Waals surface area contributed by atoms with Gasteiger partial charge in [0.15, 0.2) is 0 Å². The number of alkyl halides is 2. The first-order chi connectivity index (χ1) is 14.5. The molecule has 2 heterocycles. The largest absolute Gasteiger partial charge is 0.493 e. The van der Waals surface area contributed by atoms with Crippen LogP contribution in [0, 0.1) is 5.92 Å². The molecule has 1 atom stereocenters. The second kappa shape index (κ2) is 8.61. The lowest BCUT2D eigenvalue weighted by Gasteiger charge is -2.31. The Kier molecular flexibility index (Phi) is 5.74. The average molecular weight is 413 g/mol. The third-order valence-electron chi connectivity index (χ3n) is 5.05. The highest BCUT2D eigenvalue weighted by atomic mass is 19.3. The minimum absolute atomic E-state index is 0.135. The fourth-order valence-electron chi connectivity index (χ4n) is 3.46. The topological polar surface area (TPSA) is 68.5 Å². The fourth-order valence-corrected chi connectivity index (χ4v) is 3.46. The van der Waals surface area contributed by atoms with E-state index in [4.69, 9.17) is 9.15 Å². The highest BCUT2D eigenvalue weighted by Gasteiger charge is 2.41. The standard InChI is InChI=1S/C22H21F2N3O3/c23-22(24,17-9-3-1-4-10-17)21-26-25-19(30-21)20(28)27-13-7-8-16(14-27)15-29-18-11-5-2-6-12-18/h1-6,9-12,16H,7-8,13-15H2. The van der Waals surface area contributed by atoms with Gasteiger partial charge < -0.3 is 14.1 Å². The Balaban J connectivity index is 1.41. The zero-order chi connectivity index (χ0) is 21.0. The summed E-state index contributed by atoms with van der Waals surface area (Å²) in [6.07, 6.45) is 1.70. The van der Waals surface area contributed by atoms with Gasteiger partial charge in [0.1, 0.15) is 5.75 Å². The zero-order valence-electron chi connectivity index (χ0n) is 16.2. The van der Waals surface area contributed by atoms with E-state index in [0.29, 0.717) is 19.7 Å². The minimum atomic E-state index is -3.47. The van der Waals surface area contributed by atoms with E-state index in [1.165, 1.54) is 24.3 Å². The Hall–Kier alpha value is -3.29. The zero-order valence-corrected chi connectivity index (χ0v) is 16.2. The lowest BCUT2D eigenvalue weighted by atomic mass is 9.99. The SMILES string of the molecule is O=C(c1nnc(C(F)(F)c2ccccc2)o1)N1CCCC(COc2ccccc2)C1. The number of amides is 1. The van der Waals surface area contributed by atoms with Crippen molar-refractivity contribution in [3.8, 4) is 5.75 Å². The minimum Gasteiger partial charge on any atom is -0.493 e. The van der Waals surface area contributed by atoms with E-state index in [-0.39, 0.29) is 11.5 Å². The van der Waals surface area contributed by atoms with E-state index in [1.807, 2.05) is 30.3 Å². The number of nitrogens with zero attached hydrogens (tertiary/aromatic N) is 3. The molecular weight excluding hydrogens is 392 g/mol. The number of likely N-dealkylation sites (tertiary alicyclic amines) is 1. The van der Waals surface area contributed by atoms with Crippen molar-refractivity contribution < 1.29 is 22.7 Å². The second-order valence-corrected chi connectivity index (χ2v) is 7.24. The summed E-state index contributed by atoms with van der Waals surface area (Å²) in [4.78, 5) is 14.3. The molecule has 4 rings (SSSR count). The molecule has 0 aliphatic carbocycles. The molecule has 3 aromatic rings. The number of piperidine rings is 1. The van der Waals surface area contributed by atoms with Crippen LogP contribution in [-0.2, 0) is 5.92 Å². The van der Waals surface area contributed by atoms with Gasteiger partial charge in [-0.05, 0) is 25.0 Å². The molecule has 1 unspecified atom stereocenters. The number of hydrogen-bond donors (Lipinski definition) is 0.